The van der Waals surface area contributed by atoms with Crippen LogP contribution in [0, 0.1) is 6.92 Å². The summed E-state index contributed by atoms with van der Waals surface area (Å²) >= 11 is 0. The number of aryl methyl sites for hydroxylation is 2. The third-order valence-corrected chi connectivity index (χ3v) is 2.42. The van der Waals surface area contributed by atoms with Gasteiger partial charge in [0.1, 0.15) is 0 Å². The van der Waals surface area contributed by atoms with E-state index in [9.17, 15) is 0 Å². The SMILES string of the molecule is Cc1nc(N(C)CCN)nc2c1nnn2C. The number of nitrogens with zero attached hydrogens (tertiary/aromatic N) is 6. The van der Waals surface area contributed by atoms with E-state index in [1.165, 1.54) is 0 Å². The van der Waals surface area contributed by atoms with Crippen LogP contribution in [0.15, 0.2) is 0 Å². The van der Waals surface area contributed by atoms with E-state index in [1.54, 1.807) is 4.68 Å². The van der Waals surface area contributed by atoms with Crippen molar-refractivity contribution in [3.63, 3.8) is 0 Å². The van der Waals surface area contributed by atoms with Crippen molar-refractivity contribution in [1.29, 1.82) is 0 Å². The molecule has 0 spiro atoms. The first-order valence-electron chi connectivity index (χ1n) is 5.08. The van der Waals surface area contributed by atoms with Crippen LogP contribution in [0.4, 0.5) is 5.95 Å². The van der Waals surface area contributed by atoms with E-state index >= 15 is 0 Å². The van der Waals surface area contributed by atoms with Crippen molar-refractivity contribution >= 4 is 17.1 Å². The van der Waals surface area contributed by atoms with Crippen molar-refractivity contribution in [3.05, 3.63) is 5.69 Å². The van der Waals surface area contributed by atoms with Gasteiger partial charge in [-0.3, -0.25) is 0 Å². The number of hydrogen-bond acceptors (Lipinski definition) is 6. The lowest BCUT2D eigenvalue weighted by Gasteiger charge is -2.15. The molecule has 7 heteroatoms. The fourth-order valence-electron chi connectivity index (χ4n) is 1.50. The molecule has 0 aliphatic heterocycles. The lowest BCUT2D eigenvalue weighted by atomic mass is 10.4. The zero-order valence-electron chi connectivity index (χ0n) is 9.67. The highest BCUT2D eigenvalue weighted by Gasteiger charge is 2.12. The molecule has 0 saturated carbocycles. The van der Waals surface area contributed by atoms with E-state index in [0.29, 0.717) is 12.5 Å². The van der Waals surface area contributed by atoms with Gasteiger partial charge in [-0.25, -0.2) is 9.67 Å². The van der Waals surface area contributed by atoms with Gasteiger partial charge < -0.3 is 10.6 Å². The minimum absolute atomic E-state index is 0.570. The molecule has 0 bridgehead atoms. The molecule has 2 aromatic heterocycles. The standard InChI is InChI=1S/C9H15N7/c1-6-7-8(16(3)14-13-7)12-9(11-6)15(2)5-4-10/h4-5,10H2,1-3H3. The zero-order chi connectivity index (χ0) is 11.7. The molecule has 0 amide bonds. The third kappa shape index (κ3) is 1.69. The van der Waals surface area contributed by atoms with E-state index in [-0.39, 0.29) is 0 Å². The Morgan fingerprint density at radius 3 is 2.81 bits per heavy atom. The lowest BCUT2D eigenvalue weighted by molar-refractivity contribution is 0.728. The Balaban J connectivity index is 2.51. The minimum atomic E-state index is 0.570. The van der Waals surface area contributed by atoms with Crippen molar-refractivity contribution in [2.45, 2.75) is 6.92 Å². The Labute approximate surface area is 93.3 Å². The molecule has 0 fully saturated rings. The smallest absolute Gasteiger partial charge is 0.227 e. The Morgan fingerprint density at radius 1 is 1.38 bits per heavy atom. The van der Waals surface area contributed by atoms with E-state index in [4.69, 9.17) is 5.73 Å². The first-order chi connectivity index (χ1) is 7.63. The maximum Gasteiger partial charge on any atom is 0.227 e. The minimum Gasteiger partial charge on any atom is -0.343 e. The molecule has 0 radical (unpaired) electrons. The third-order valence-electron chi connectivity index (χ3n) is 2.42. The second-order valence-corrected chi connectivity index (χ2v) is 3.70. The van der Waals surface area contributed by atoms with Gasteiger partial charge in [0, 0.05) is 27.2 Å². The Bertz CT molecular complexity index is 504. The van der Waals surface area contributed by atoms with Crippen LogP contribution in [0.1, 0.15) is 5.69 Å². The van der Waals surface area contributed by atoms with Crippen molar-refractivity contribution in [2.75, 3.05) is 25.0 Å². The molecular weight excluding hydrogens is 206 g/mol. The Morgan fingerprint density at radius 2 is 2.12 bits per heavy atom. The molecular formula is C9H15N7. The van der Waals surface area contributed by atoms with Gasteiger partial charge in [0.25, 0.3) is 0 Å². The average molecular weight is 221 g/mol. The predicted octanol–water partition coefficient (Wildman–Crippen LogP) is -0.538. The fourth-order valence-corrected chi connectivity index (χ4v) is 1.50. The van der Waals surface area contributed by atoms with Crippen LogP contribution in [0.2, 0.25) is 0 Å². The van der Waals surface area contributed by atoms with Crippen molar-refractivity contribution in [3.8, 4) is 0 Å². The van der Waals surface area contributed by atoms with Crippen LogP contribution in [0.5, 0.6) is 0 Å². The molecule has 7 nitrogen and oxygen atoms in total. The van der Waals surface area contributed by atoms with Crippen LogP contribution in [-0.2, 0) is 7.05 Å². The van der Waals surface area contributed by atoms with Crippen LogP contribution < -0.4 is 10.6 Å². The summed E-state index contributed by atoms with van der Waals surface area (Å²) in [6, 6.07) is 0. The van der Waals surface area contributed by atoms with E-state index in [1.807, 2.05) is 25.9 Å². The molecule has 0 unspecified atom stereocenters. The summed E-state index contributed by atoms with van der Waals surface area (Å²) in [7, 11) is 3.73. The van der Waals surface area contributed by atoms with Gasteiger partial charge in [0.05, 0.1) is 5.69 Å². The second-order valence-electron chi connectivity index (χ2n) is 3.70. The molecule has 0 atom stereocenters. The quantitative estimate of drug-likeness (QED) is 0.749. The normalized spacial score (nSPS) is 11.0. The number of aromatic nitrogens is 5. The molecule has 0 aliphatic carbocycles. The highest BCUT2D eigenvalue weighted by Crippen LogP contribution is 2.15. The maximum atomic E-state index is 5.50. The summed E-state index contributed by atoms with van der Waals surface area (Å²) < 4.78 is 1.64. The zero-order valence-corrected chi connectivity index (χ0v) is 9.67. The van der Waals surface area contributed by atoms with Crippen LogP contribution in [0.3, 0.4) is 0 Å². The maximum absolute atomic E-state index is 5.50. The number of hydrogen-bond donors (Lipinski definition) is 1. The number of likely N-dealkylation sites (N-methyl/N-ethyl adjacent to an activating group) is 1. The van der Waals surface area contributed by atoms with Crippen molar-refractivity contribution in [1.82, 2.24) is 25.0 Å². The van der Waals surface area contributed by atoms with Gasteiger partial charge in [-0.1, -0.05) is 5.21 Å². The highest BCUT2D eigenvalue weighted by atomic mass is 15.4. The topological polar surface area (TPSA) is 85.8 Å². The first-order valence-corrected chi connectivity index (χ1v) is 5.08. The summed E-state index contributed by atoms with van der Waals surface area (Å²) in [5.41, 5.74) is 7.82. The van der Waals surface area contributed by atoms with Crippen molar-refractivity contribution in [2.24, 2.45) is 12.8 Å². The average Bonchev–Trinajstić information content (AvgIpc) is 2.61. The van der Waals surface area contributed by atoms with Gasteiger partial charge in [-0.15, -0.1) is 5.10 Å². The van der Waals surface area contributed by atoms with Gasteiger partial charge in [-0.05, 0) is 6.92 Å². The van der Waals surface area contributed by atoms with E-state index in [0.717, 1.165) is 23.4 Å². The summed E-state index contributed by atoms with van der Waals surface area (Å²) in [5.74, 6) is 0.654. The Kier molecular flexibility index (Phi) is 2.69. The number of rotatable bonds is 3. The van der Waals surface area contributed by atoms with Gasteiger partial charge in [0.2, 0.25) is 5.95 Å². The Hall–Kier alpha value is -1.76. The summed E-state index contributed by atoms with van der Waals surface area (Å²) in [4.78, 5) is 10.7. The summed E-state index contributed by atoms with van der Waals surface area (Å²) in [6.07, 6.45) is 0. The molecule has 2 rings (SSSR count). The molecule has 16 heavy (non-hydrogen) atoms. The predicted molar refractivity (Wildman–Crippen MR) is 61.2 cm³/mol. The van der Waals surface area contributed by atoms with Gasteiger partial charge in [-0.2, -0.15) is 4.98 Å². The summed E-state index contributed by atoms with van der Waals surface area (Å²) in [5, 5.41) is 7.93. The molecule has 86 valence electrons. The van der Waals surface area contributed by atoms with Crippen molar-refractivity contribution < 1.29 is 0 Å². The number of fused-ring (bicyclic) bond motifs is 1. The first kappa shape index (κ1) is 10.7. The lowest BCUT2D eigenvalue weighted by Crippen LogP contribution is -2.27. The van der Waals surface area contributed by atoms with Crippen LogP contribution >= 0.6 is 0 Å². The second kappa shape index (κ2) is 4.01. The van der Waals surface area contributed by atoms with E-state index < -0.39 is 0 Å². The molecule has 2 N–H and O–H groups in total. The largest absolute Gasteiger partial charge is 0.343 e. The van der Waals surface area contributed by atoms with Crippen LogP contribution in [-0.4, -0.2) is 45.1 Å². The van der Waals surface area contributed by atoms with Gasteiger partial charge in [0.15, 0.2) is 11.2 Å². The molecule has 2 aromatic rings. The fraction of sp³-hybridized carbons (Fsp3) is 0.556. The molecule has 0 aromatic carbocycles. The molecule has 2 heterocycles. The molecule has 0 aliphatic rings. The van der Waals surface area contributed by atoms with Gasteiger partial charge >= 0.3 is 0 Å². The number of nitrogens with two attached hydrogens (primary N) is 1. The monoisotopic (exact) mass is 221 g/mol. The van der Waals surface area contributed by atoms with Crippen LogP contribution in [0.25, 0.3) is 11.2 Å². The summed E-state index contributed by atoms with van der Waals surface area (Å²) in [6.45, 7) is 3.19. The number of anilines is 1. The van der Waals surface area contributed by atoms with E-state index in [2.05, 4.69) is 20.3 Å². The highest BCUT2D eigenvalue weighted by molar-refractivity contribution is 5.73. The molecule has 0 saturated heterocycles.